The van der Waals surface area contributed by atoms with Crippen LogP contribution in [0.5, 0.6) is 0 Å². The van der Waals surface area contributed by atoms with Crippen molar-refractivity contribution in [2.75, 3.05) is 5.43 Å². The van der Waals surface area contributed by atoms with Gasteiger partial charge in [-0.25, -0.2) is 15.4 Å². The van der Waals surface area contributed by atoms with Gasteiger partial charge in [0.1, 0.15) is 0 Å². The summed E-state index contributed by atoms with van der Waals surface area (Å²) in [6.07, 6.45) is 0.243. The van der Waals surface area contributed by atoms with Crippen molar-refractivity contribution >= 4 is 12.1 Å². The van der Waals surface area contributed by atoms with E-state index in [-0.39, 0.29) is 6.41 Å². The highest BCUT2D eigenvalue weighted by Gasteiger charge is 1.92. The lowest BCUT2D eigenvalue weighted by Gasteiger charge is -2.14. The van der Waals surface area contributed by atoms with Gasteiger partial charge in [-0.05, 0) is 12.1 Å². The second kappa shape index (κ2) is 3.70. The van der Waals surface area contributed by atoms with Gasteiger partial charge in [0.05, 0.1) is 5.69 Å². The maximum atomic E-state index is 10.5. The van der Waals surface area contributed by atoms with Crippen LogP contribution in [-0.2, 0) is 4.79 Å². The SMILES string of the molecule is O=C[NH+]([O-])Nc1ccccc1. The van der Waals surface area contributed by atoms with Crippen LogP contribution in [0.3, 0.4) is 0 Å². The van der Waals surface area contributed by atoms with Crippen LogP contribution in [0.25, 0.3) is 0 Å². The Kier molecular flexibility index (Phi) is 2.59. The predicted octanol–water partition coefficient (Wildman–Crippen LogP) is -0.447. The average Bonchev–Trinajstić information content (AvgIpc) is 2.06. The molecule has 0 spiro atoms. The summed E-state index contributed by atoms with van der Waals surface area (Å²) < 4.78 is 0. The molecule has 0 aromatic heterocycles. The Morgan fingerprint density at radius 1 is 1.36 bits per heavy atom. The van der Waals surface area contributed by atoms with Gasteiger partial charge in [0.15, 0.2) is 0 Å². The standard InChI is InChI=1S/C7H8N2O2/c10-6-9(11)8-7-4-2-1-3-5-7/h1-6,8-9H. The number of quaternary nitrogens is 1. The van der Waals surface area contributed by atoms with Gasteiger partial charge in [0.25, 0.3) is 0 Å². The molecule has 0 radical (unpaired) electrons. The van der Waals surface area contributed by atoms with Crippen LogP contribution in [0.4, 0.5) is 5.69 Å². The molecule has 1 atom stereocenters. The van der Waals surface area contributed by atoms with Crippen molar-refractivity contribution in [3.63, 3.8) is 0 Å². The Hall–Kier alpha value is -1.39. The van der Waals surface area contributed by atoms with Crippen molar-refractivity contribution < 1.29 is 9.97 Å². The third-order valence-electron chi connectivity index (χ3n) is 1.15. The van der Waals surface area contributed by atoms with E-state index in [2.05, 4.69) is 5.43 Å². The van der Waals surface area contributed by atoms with E-state index in [1.54, 1.807) is 24.3 Å². The lowest BCUT2D eigenvalue weighted by molar-refractivity contribution is -0.727. The first-order valence-corrected chi connectivity index (χ1v) is 3.14. The quantitative estimate of drug-likeness (QED) is 0.455. The number of anilines is 1. The Bertz CT molecular complexity index is 225. The fourth-order valence-electron chi connectivity index (χ4n) is 0.693. The average molecular weight is 152 g/mol. The Labute approximate surface area is 64.0 Å². The van der Waals surface area contributed by atoms with E-state index in [0.29, 0.717) is 5.69 Å². The van der Waals surface area contributed by atoms with E-state index >= 15 is 0 Å². The normalized spacial score (nSPS) is 12.1. The molecule has 0 saturated carbocycles. The maximum absolute atomic E-state index is 10.5. The summed E-state index contributed by atoms with van der Waals surface area (Å²) >= 11 is 0. The largest absolute Gasteiger partial charge is 0.601 e. The number of carbonyl (C=O) groups is 1. The first-order chi connectivity index (χ1) is 5.33. The van der Waals surface area contributed by atoms with E-state index in [0.717, 1.165) is 0 Å². The van der Waals surface area contributed by atoms with E-state index < -0.39 is 5.17 Å². The number of rotatable bonds is 3. The van der Waals surface area contributed by atoms with Crippen LogP contribution >= 0.6 is 0 Å². The van der Waals surface area contributed by atoms with Gasteiger partial charge in [0.2, 0.25) is 0 Å². The minimum Gasteiger partial charge on any atom is -0.601 e. The highest BCUT2D eigenvalue weighted by atomic mass is 16.5. The number of carbonyl (C=O) groups excluding carboxylic acids is 1. The Morgan fingerprint density at radius 3 is 2.55 bits per heavy atom. The zero-order valence-electron chi connectivity index (χ0n) is 5.78. The van der Waals surface area contributed by atoms with Crippen molar-refractivity contribution in [2.24, 2.45) is 0 Å². The van der Waals surface area contributed by atoms with E-state index in [1.165, 1.54) is 0 Å². The highest BCUT2D eigenvalue weighted by Crippen LogP contribution is 2.00. The molecule has 0 saturated heterocycles. The van der Waals surface area contributed by atoms with E-state index in [4.69, 9.17) is 0 Å². The molecule has 1 rings (SSSR count). The van der Waals surface area contributed by atoms with Gasteiger partial charge in [-0.15, -0.1) is 0 Å². The molecule has 1 aromatic carbocycles. The van der Waals surface area contributed by atoms with Gasteiger partial charge in [-0.2, -0.15) is 0 Å². The Balaban J connectivity index is 2.57. The van der Waals surface area contributed by atoms with Gasteiger partial charge in [0, 0.05) is 0 Å². The first-order valence-electron chi connectivity index (χ1n) is 3.14. The van der Waals surface area contributed by atoms with Crippen LogP contribution in [0.15, 0.2) is 30.3 Å². The summed E-state index contributed by atoms with van der Waals surface area (Å²) in [5.41, 5.74) is 3.01. The molecule has 1 aromatic rings. The van der Waals surface area contributed by atoms with Gasteiger partial charge < -0.3 is 5.21 Å². The van der Waals surface area contributed by atoms with Crippen LogP contribution < -0.4 is 10.6 Å². The summed E-state index contributed by atoms with van der Waals surface area (Å²) in [5, 5.41) is 9.87. The molecule has 0 fully saturated rings. The third-order valence-corrected chi connectivity index (χ3v) is 1.15. The summed E-state index contributed by atoms with van der Waals surface area (Å²) in [7, 11) is 0. The molecule has 4 nitrogen and oxygen atoms in total. The summed E-state index contributed by atoms with van der Waals surface area (Å²) in [6, 6.07) is 8.81. The fraction of sp³-hybridized carbons (Fsp3) is 0. The van der Waals surface area contributed by atoms with Gasteiger partial charge in [-0.3, -0.25) is 0 Å². The zero-order valence-corrected chi connectivity index (χ0v) is 5.78. The van der Waals surface area contributed by atoms with E-state index in [1.807, 2.05) is 6.07 Å². The number of hydrogen-bond acceptors (Lipinski definition) is 3. The van der Waals surface area contributed by atoms with Gasteiger partial charge in [-0.1, -0.05) is 18.2 Å². The predicted molar refractivity (Wildman–Crippen MR) is 40.5 cm³/mol. The molecule has 0 aliphatic heterocycles. The highest BCUT2D eigenvalue weighted by molar-refractivity contribution is 5.43. The van der Waals surface area contributed by atoms with Crippen LogP contribution in [0, 0.1) is 5.21 Å². The van der Waals surface area contributed by atoms with Crippen molar-refractivity contribution in [2.45, 2.75) is 0 Å². The van der Waals surface area contributed by atoms with E-state index in [9.17, 15) is 10.0 Å². The van der Waals surface area contributed by atoms with Crippen molar-refractivity contribution in [1.82, 2.24) is 0 Å². The topological polar surface area (TPSA) is 56.6 Å². The maximum Gasteiger partial charge on any atom is 0.324 e. The number of hydrogen-bond donors (Lipinski definition) is 2. The number of nitrogens with one attached hydrogen (secondary N) is 2. The molecular weight excluding hydrogens is 144 g/mol. The number of para-hydroxylation sites is 1. The van der Waals surface area contributed by atoms with Crippen molar-refractivity contribution in [1.29, 1.82) is 0 Å². The van der Waals surface area contributed by atoms with Gasteiger partial charge >= 0.3 is 6.41 Å². The molecule has 0 aliphatic rings. The van der Waals surface area contributed by atoms with Crippen molar-refractivity contribution in [3.8, 4) is 0 Å². The summed E-state index contributed by atoms with van der Waals surface area (Å²) in [4.78, 5) is 9.90. The molecule has 0 heterocycles. The van der Waals surface area contributed by atoms with Crippen LogP contribution in [0.2, 0.25) is 0 Å². The smallest absolute Gasteiger partial charge is 0.324 e. The zero-order chi connectivity index (χ0) is 8.10. The third kappa shape index (κ3) is 2.37. The molecule has 2 N–H and O–H groups in total. The number of benzene rings is 1. The molecule has 1 amide bonds. The molecule has 0 aliphatic carbocycles. The fourth-order valence-corrected chi connectivity index (χ4v) is 0.693. The number of hydroxylamine groups is 1. The molecule has 0 bridgehead atoms. The first kappa shape index (κ1) is 7.71. The van der Waals surface area contributed by atoms with Crippen LogP contribution in [-0.4, -0.2) is 6.41 Å². The molecule has 4 heteroatoms. The number of amides is 1. The molecular formula is C7H8N2O2. The molecule has 58 valence electrons. The Morgan fingerprint density at radius 2 is 2.00 bits per heavy atom. The minimum absolute atomic E-state index is 0.243. The summed E-state index contributed by atoms with van der Waals surface area (Å²) in [5.74, 6) is 0. The monoisotopic (exact) mass is 152 g/mol. The lowest BCUT2D eigenvalue weighted by atomic mass is 10.3. The molecule has 11 heavy (non-hydrogen) atoms. The van der Waals surface area contributed by atoms with Crippen molar-refractivity contribution in [3.05, 3.63) is 35.5 Å². The molecule has 1 unspecified atom stereocenters. The second-order valence-corrected chi connectivity index (χ2v) is 1.97. The van der Waals surface area contributed by atoms with Crippen LogP contribution in [0.1, 0.15) is 0 Å². The minimum atomic E-state index is -0.629. The summed E-state index contributed by atoms with van der Waals surface area (Å²) in [6.45, 7) is 0. The lowest BCUT2D eigenvalue weighted by Crippen LogP contribution is -3.09. The second-order valence-electron chi connectivity index (χ2n) is 1.97.